The molecule has 1 aliphatic rings. The third-order valence-corrected chi connectivity index (χ3v) is 3.83. The maximum absolute atomic E-state index is 3.63. The molecule has 0 N–H and O–H groups in total. The van der Waals surface area contributed by atoms with Gasteiger partial charge in [-0.25, -0.2) is 0 Å². The largest absolute Gasteiger partial charge is 0.103 e. The molecule has 0 amide bonds. The highest BCUT2D eigenvalue weighted by molar-refractivity contribution is 4.82. The van der Waals surface area contributed by atoms with Crippen molar-refractivity contribution in [2.75, 3.05) is 0 Å². The molecule has 1 aliphatic carbocycles. The Bertz CT molecular complexity index is 185. The van der Waals surface area contributed by atoms with Crippen molar-refractivity contribution in [3.63, 3.8) is 0 Å². The molecule has 116 valence electrons. The van der Waals surface area contributed by atoms with E-state index in [2.05, 4.69) is 41.2 Å². The summed E-state index contributed by atoms with van der Waals surface area (Å²) in [6.45, 7) is 18.7. The van der Waals surface area contributed by atoms with Crippen molar-refractivity contribution >= 4 is 0 Å². The van der Waals surface area contributed by atoms with Gasteiger partial charge in [-0.15, -0.1) is 6.58 Å². The van der Waals surface area contributed by atoms with Gasteiger partial charge in [-0.2, -0.15) is 0 Å². The van der Waals surface area contributed by atoms with Gasteiger partial charge >= 0.3 is 0 Å². The number of unbranched alkanes of at least 4 members (excludes halogenated alkanes) is 1. The lowest BCUT2D eigenvalue weighted by Gasteiger charge is -2.28. The fourth-order valence-electron chi connectivity index (χ4n) is 2.29. The zero-order chi connectivity index (χ0) is 15.3. The second-order valence-corrected chi connectivity index (χ2v) is 6.73. The van der Waals surface area contributed by atoms with Gasteiger partial charge in [-0.05, 0) is 17.3 Å². The van der Waals surface area contributed by atoms with Crippen LogP contribution in [-0.2, 0) is 0 Å². The fraction of sp³-hybridized carbons (Fsp3) is 0.895. The minimum Gasteiger partial charge on any atom is -0.103 e. The van der Waals surface area contributed by atoms with Crippen LogP contribution < -0.4 is 0 Å². The van der Waals surface area contributed by atoms with Crippen LogP contribution in [0.1, 0.15) is 93.4 Å². The summed E-state index contributed by atoms with van der Waals surface area (Å²) < 4.78 is 0. The van der Waals surface area contributed by atoms with Gasteiger partial charge in [-0.1, -0.05) is 99.5 Å². The molecule has 0 heteroatoms. The van der Waals surface area contributed by atoms with Crippen LogP contribution in [-0.4, -0.2) is 0 Å². The third kappa shape index (κ3) is 14.0. The molecular weight excluding hydrogens is 228 g/mol. The van der Waals surface area contributed by atoms with Gasteiger partial charge in [0.1, 0.15) is 0 Å². The zero-order valence-corrected chi connectivity index (χ0v) is 14.9. The first-order valence-corrected chi connectivity index (χ1v) is 8.54. The Morgan fingerprint density at radius 1 is 1.11 bits per heavy atom. The molecule has 0 aliphatic heterocycles. The Hall–Kier alpha value is -0.260. The van der Waals surface area contributed by atoms with E-state index in [0.717, 1.165) is 11.8 Å². The van der Waals surface area contributed by atoms with Crippen molar-refractivity contribution in [3.05, 3.63) is 12.7 Å². The summed E-state index contributed by atoms with van der Waals surface area (Å²) in [6.07, 6.45) is 12.3. The monoisotopic (exact) mass is 268 g/mol. The minimum atomic E-state index is 0.306. The molecule has 0 heterocycles. The van der Waals surface area contributed by atoms with Crippen LogP contribution in [0.4, 0.5) is 0 Å². The number of hydrogen-bond donors (Lipinski definition) is 0. The summed E-state index contributed by atoms with van der Waals surface area (Å²) in [7, 11) is 0. The van der Waals surface area contributed by atoms with E-state index in [-0.39, 0.29) is 0 Å². The normalized spacial score (nSPS) is 22.5. The molecule has 0 bridgehead atoms. The second-order valence-electron chi connectivity index (χ2n) is 6.73. The van der Waals surface area contributed by atoms with Gasteiger partial charge in [0, 0.05) is 0 Å². The molecule has 2 unspecified atom stereocenters. The van der Waals surface area contributed by atoms with E-state index >= 15 is 0 Å². The summed E-state index contributed by atoms with van der Waals surface area (Å²) >= 11 is 0. The predicted octanol–water partition coefficient (Wildman–Crippen LogP) is 7.25. The minimum absolute atomic E-state index is 0.306. The van der Waals surface area contributed by atoms with E-state index in [4.69, 9.17) is 0 Å². The van der Waals surface area contributed by atoms with Gasteiger partial charge in [0.05, 0.1) is 0 Å². The quantitative estimate of drug-likeness (QED) is 0.473. The van der Waals surface area contributed by atoms with Crippen molar-refractivity contribution in [1.82, 2.24) is 0 Å². The fourth-order valence-corrected chi connectivity index (χ4v) is 2.29. The molecule has 0 aromatic rings. The molecule has 1 fully saturated rings. The van der Waals surface area contributed by atoms with E-state index in [1.807, 2.05) is 19.9 Å². The van der Waals surface area contributed by atoms with Crippen molar-refractivity contribution < 1.29 is 0 Å². The highest BCUT2D eigenvalue weighted by Crippen LogP contribution is 2.32. The van der Waals surface area contributed by atoms with Gasteiger partial charge in [0.2, 0.25) is 0 Å². The van der Waals surface area contributed by atoms with E-state index in [9.17, 15) is 0 Å². The van der Waals surface area contributed by atoms with E-state index in [0.29, 0.717) is 5.41 Å². The van der Waals surface area contributed by atoms with Crippen LogP contribution in [0.2, 0.25) is 0 Å². The second kappa shape index (κ2) is 12.8. The molecule has 2 atom stereocenters. The Kier molecular flexibility index (Phi) is 14.1. The van der Waals surface area contributed by atoms with Crippen LogP contribution >= 0.6 is 0 Å². The first-order chi connectivity index (χ1) is 8.90. The lowest BCUT2D eigenvalue weighted by Crippen LogP contribution is -2.16. The Balaban J connectivity index is 0. The van der Waals surface area contributed by atoms with Crippen molar-refractivity contribution in [1.29, 1.82) is 0 Å². The molecule has 0 aromatic heterocycles. The smallest absolute Gasteiger partial charge is 0.0206 e. The summed E-state index contributed by atoms with van der Waals surface area (Å²) in [5.74, 6) is 2.10. The molecule has 0 aromatic carbocycles. The average Bonchev–Trinajstić information content (AvgIpc) is 2.40. The number of hydrogen-bond acceptors (Lipinski definition) is 0. The first-order valence-electron chi connectivity index (χ1n) is 8.54. The molecule has 0 nitrogen and oxygen atoms in total. The van der Waals surface area contributed by atoms with Crippen LogP contribution in [0, 0.1) is 17.3 Å². The lowest BCUT2D eigenvalue weighted by atomic mass is 9.78. The van der Waals surface area contributed by atoms with Crippen molar-refractivity contribution in [2.24, 2.45) is 17.3 Å². The van der Waals surface area contributed by atoms with E-state index in [1.54, 1.807) is 0 Å². The molecule has 19 heavy (non-hydrogen) atoms. The van der Waals surface area contributed by atoms with Gasteiger partial charge in [0.15, 0.2) is 0 Å². The Labute approximate surface area is 124 Å². The van der Waals surface area contributed by atoms with Crippen LogP contribution in [0.3, 0.4) is 0 Å². The van der Waals surface area contributed by atoms with E-state index in [1.165, 1.54) is 44.9 Å². The topological polar surface area (TPSA) is 0 Å². The Morgan fingerprint density at radius 3 is 1.95 bits per heavy atom. The van der Waals surface area contributed by atoms with Gasteiger partial charge in [0.25, 0.3) is 0 Å². The van der Waals surface area contributed by atoms with E-state index < -0.39 is 0 Å². The SMILES string of the molecule is C=CC(C)(C)C.CC.CCCCC1CCCCC1C. The standard InChI is InChI=1S/C11H22.C6H12.C2H6/c1-3-4-8-11-9-6-5-7-10(11)2;1-5-6(2,3)4;1-2/h10-11H,3-9H2,1-2H3;5H,1H2,2-4H3;1-2H3. The predicted molar refractivity (Wildman–Crippen MR) is 91.6 cm³/mol. The first kappa shape index (κ1) is 21.0. The van der Waals surface area contributed by atoms with Crippen molar-refractivity contribution in [3.8, 4) is 0 Å². The molecule has 1 saturated carbocycles. The highest BCUT2D eigenvalue weighted by atomic mass is 14.3. The van der Waals surface area contributed by atoms with Gasteiger partial charge in [-0.3, -0.25) is 0 Å². The summed E-state index contributed by atoms with van der Waals surface area (Å²) in [5, 5.41) is 0. The third-order valence-electron chi connectivity index (χ3n) is 3.83. The molecule has 1 rings (SSSR count). The van der Waals surface area contributed by atoms with Crippen molar-refractivity contribution in [2.45, 2.75) is 93.4 Å². The van der Waals surface area contributed by atoms with Crippen LogP contribution in [0.15, 0.2) is 12.7 Å². The number of allylic oxidation sites excluding steroid dienone is 1. The zero-order valence-electron chi connectivity index (χ0n) is 14.9. The maximum Gasteiger partial charge on any atom is -0.0206 e. The summed E-state index contributed by atoms with van der Waals surface area (Å²) in [4.78, 5) is 0. The lowest BCUT2D eigenvalue weighted by molar-refractivity contribution is 0.237. The Morgan fingerprint density at radius 2 is 1.58 bits per heavy atom. The van der Waals surface area contributed by atoms with Gasteiger partial charge < -0.3 is 0 Å². The summed E-state index contributed by atoms with van der Waals surface area (Å²) in [6, 6.07) is 0. The highest BCUT2D eigenvalue weighted by Gasteiger charge is 2.19. The molecule has 0 saturated heterocycles. The molecular formula is C19H40. The number of rotatable bonds is 3. The molecule has 0 radical (unpaired) electrons. The van der Waals surface area contributed by atoms with Crippen LogP contribution in [0.25, 0.3) is 0 Å². The average molecular weight is 269 g/mol. The maximum atomic E-state index is 3.63. The summed E-state index contributed by atoms with van der Waals surface area (Å²) in [5.41, 5.74) is 0.306. The molecule has 0 spiro atoms. The van der Waals surface area contributed by atoms with Crippen LogP contribution in [0.5, 0.6) is 0 Å².